The van der Waals surface area contributed by atoms with Gasteiger partial charge in [-0.1, -0.05) is 39.0 Å². The molecule has 1 saturated heterocycles. The molecule has 33 heavy (non-hydrogen) atoms. The van der Waals surface area contributed by atoms with Gasteiger partial charge in [-0.3, -0.25) is 34.1 Å². The lowest BCUT2D eigenvalue weighted by Crippen LogP contribution is -2.54. The topological polar surface area (TPSA) is 130 Å². The van der Waals surface area contributed by atoms with Crippen LogP contribution in [0, 0.1) is 0 Å². The lowest BCUT2D eigenvalue weighted by atomic mass is 9.87. The number of rotatable bonds is 4. The van der Waals surface area contributed by atoms with Gasteiger partial charge in [0, 0.05) is 12.1 Å². The fourth-order valence-corrected chi connectivity index (χ4v) is 5.53. The second kappa shape index (κ2) is 7.80. The molecule has 2 heterocycles. The van der Waals surface area contributed by atoms with Crippen molar-refractivity contribution in [1.29, 1.82) is 0 Å². The molecule has 0 radical (unpaired) electrons. The standard InChI is InChI=1S/C23H23N3O6S/c1-23(2,3)16-6-4-5-7-18(16)33(31,32)25-13-8-9-14-15(12-13)22(30)26(21(14)29)17-10-11-19(27)24-20(17)28/h4-9,12,17,25H,10-11H2,1-3H3,(H,24,27,28). The Balaban J connectivity index is 1.65. The van der Waals surface area contributed by atoms with Gasteiger partial charge in [-0.2, -0.15) is 0 Å². The zero-order valence-corrected chi connectivity index (χ0v) is 19.2. The summed E-state index contributed by atoms with van der Waals surface area (Å²) in [6, 6.07) is 9.61. The second-order valence-corrected chi connectivity index (χ2v) is 10.7. The van der Waals surface area contributed by atoms with Crippen LogP contribution in [0.2, 0.25) is 0 Å². The van der Waals surface area contributed by atoms with E-state index in [1.807, 2.05) is 20.8 Å². The molecule has 10 heteroatoms. The normalized spacial score (nSPS) is 18.9. The molecule has 1 unspecified atom stereocenters. The third kappa shape index (κ3) is 4.02. The van der Waals surface area contributed by atoms with Gasteiger partial charge in [0.1, 0.15) is 6.04 Å². The number of hydrogen-bond acceptors (Lipinski definition) is 6. The quantitative estimate of drug-likeness (QED) is 0.661. The number of carbonyl (C=O) groups excluding carboxylic acids is 4. The summed E-state index contributed by atoms with van der Waals surface area (Å²) in [4.78, 5) is 50.3. The van der Waals surface area contributed by atoms with Crippen molar-refractivity contribution < 1.29 is 27.6 Å². The molecule has 4 rings (SSSR count). The number of anilines is 1. The Bertz CT molecular complexity index is 1310. The number of fused-ring (bicyclic) bond motifs is 1. The maximum atomic E-state index is 13.1. The Morgan fingerprint density at radius 3 is 2.30 bits per heavy atom. The molecule has 2 aliphatic heterocycles. The number of carbonyl (C=O) groups is 4. The number of benzene rings is 2. The van der Waals surface area contributed by atoms with Gasteiger partial charge in [-0.05, 0) is 41.7 Å². The smallest absolute Gasteiger partial charge is 0.262 e. The molecule has 2 N–H and O–H groups in total. The molecule has 0 saturated carbocycles. The zero-order chi connectivity index (χ0) is 24.1. The molecule has 0 spiro atoms. The lowest BCUT2D eigenvalue weighted by molar-refractivity contribution is -0.136. The monoisotopic (exact) mass is 469 g/mol. The maximum Gasteiger partial charge on any atom is 0.262 e. The Morgan fingerprint density at radius 1 is 0.970 bits per heavy atom. The van der Waals surface area contributed by atoms with Crippen LogP contribution in [-0.4, -0.2) is 43.0 Å². The molecule has 4 amide bonds. The van der Waals surface area contributed by atoms with Crippen molar-refractivity contribution in [2.45, 2.75) is 50.0 Å². The summed E-state index contributed by atoms with van der Waals surface area (Å²) in [5, 5.41) is 2.14. The van der Waals surface area contributed by atoms with Crippen LogP contribution in [0.3, 0.4) is 0 Å². The van der Waals surface area contributed by atoms with E-state index in [1.54, 1.807) is 18.2 Å². The summed E-state index contributed by atoms with van der Waals surface area (Å²) < 4.78 is 28.8. The van der Waals surface area contributed by atoms with Gasteiger partial charge in [0.05, 0.1) is 16.0 Å². The minimum Gasteiger partial charge on any atom is -0.295 e. The number of nitrogens with zero attached hydrogens (tertiary/aromatic N) is 1. The van der Waals surface area contributed by atoms with Crippen LogP contribution in [0.1, 0.15) is 59.9 Å². The first-order valence-corrected chi connectivity index (χ1v) is 11.9. The predicted octanol–water partition coefficient (Wildman–Crippen LogP) is 2.19. The Morgan fingerprint density at radius 2 is 1.64 bits per heavy atom. The van der Waals surface area contributed by atoms with E-state index in [0.29, 0.717) is 5.56 Å². The van der Waals surface area contributed by atoms with Crippen LogP contribution >= 0.6 is 0 Å². The van der Waals surface area contributed by atoms with Gasteiger partial charge in [0.25, 0.3) is 21.8 Å². The molecule has 1 fully saturated rings. The molecule has 0 aliphatic carbocycles. The maximum absolute atomic E-state index is 13.1. The molecule has 9 nitrogen and oxygen atoms in total. The number of amides is 4. The van der Waals surface area contributed by atoms with E-state index >= 15 is 0 Å². The third-order valence-corrected chi connectivity index (χ3v) is 7.12. The first kappa shape index (κ1) is 22.7. The number of piperidine rings is 1. The summed E-state index contributed by atoms with van der Waals surface area (Å²) in [6.45, 7) is 5.72. The minimum atomic E-state index is -3.99. The van der Waals surface area contributed by atoms with Gasteiger partial charge in [-0.25, -0.2) is 8.42 Å². The molecule has 0 bridgehead atoms. The SMILES string of the molecule is CC(C)(C)c1ccccc1S(=O)(=O)Nc1ccc2c(c1)C(=O)N(C1CCC(=O)NC1=O)C2=O. The van der Waals surface area contributed by atoms with E-state index in [0.717, 1.165) is 4.90 Å². The molecule has 2 aromatic rings. The van der Waals surface area contributed by atoms with Crippen LogP contribution in [-0.2, 0) is 25.0 Å². The summed E-state index contributed by atoms with van der Waals surface area (Å²) in [6.07, 6.45) is 0.0568. The van der Waals surface area contributed by atoms with Crippen LogP contribution in [0.5, 0.6) is 0 Å². The lowest BCUT2D eigenvalue weighted by Gasteiger charge is -2.27. The first-order chi connectivity index (χ1) is 15.4. The highest BCUT2D eigenvalue weighted by atomic mass is 32.2. The third-order valence-electron chi connectivity index (χ3n) is 5.68. The summed E-state index contributed by atoms with van der Waals surface area (Å²) >= 11 is 0. The fraction of sp³-hybridized carbons (Fsp3) is 0.304. The highest BCUT2D eigenvalue weighted by Gasteiger charge is 2.44. The van der Waals surface area contributed by atoms with Crippen molar-refractivity contribution in [3.05, 3.63) is 59.2 Å². The Hall–Kier alpha value is -3.53. The average Bonchev–Trinajstić information content (AvgIpc) is 2.97. The Labute approximate surface area is 191 Å². The number of imide groups is 2. The van der Waals surface area contributed by atoms with Crippen LogP contribution in [0.15, 0.2) is 47.4 Å². The summed E-state index contributed by atoms with van der Waals surface area (Å²) in [5.41, 5.74) is 0.392. The van der Waals surface area contributed by atoms with E-state index in [9.17, 15) is 27.6 Å². The van der Waals surface area contributed by atoms with Crippen molar-refractivity contribution in [1.82, 2.24) is 10.2 Å². The van der Waals surface area contributed by atoms with E-state index in [-0.39, 0.29) is 34.6 Å². The van der Waals surface area contributed by atoms with Gasteiger partial charge < -0.3 is 0 Å². The van der Waals surface area contributed by atoms with Crippen molar-refractivity contribution >= 4 is 39.3 Å². The number of nitrogens with one attached hydrogen (secondary N) is 2. The van der Waals surface area contributed by atoms with Crippen molar-refractivity contribution in [2.75, 3.05) is 4.72 Å². The van der Waals surface area contributed by atoms with Gasteiger partial charge in [0.2, 0.25) is 11.8 Å². The minimum absolute atomic E-state index is 0.00555. The van der Waals surface area contributed by atoms with Gasteiger partial charge in [0.15, 0.2) is 0 Å². The highest BCUT2D eigenvalue weighted by Crippen LogP contribution is 2.32. The zero-order valence-electron chi connectivity index (χ0n) is 18.3. The molecular weight excluding hydrogens is 446 g/mol. The second-order valence-electron chi connectivity index (χ2n) is 9.06. The van der Waals surface area contributed by atoms with Crippen molar-refractivity contribution in [3.8, 4) is 0 Å². The fourth-order valence-electron chi connectivity index (χ4n) is 4.07. The van der Waals surface area contributed by atoms with E-state index < -0.39 is 45.1 Å². The van der Waals surface area contributed by atoms with Gasteiger partial charge >= 0.3 is 0 Å². The van der Waals surface area contributed by atoms with Crippen molar-refractivity contribution in [3.63, 3.8) is 0 Å². The van der Waals surface area contributed by atoms with E-state index in [4.69, 9.17) is 0 Å². The van der Waals surface area contributed by atoms with Crippen LogP contribution in [0.25, 0.3) is 0 Å². The first-order valence-electron chi connectivity index (χ1n) is 10.4. The number of hydrogen-bond donors (Lipinski definition) is 2. The molecule has 2 aliphatic rings. The summed E-state index contributed by atoms with van der Waals surface area (Å²) in [7, 11) is -3.99. The average molecular weight is 470 g/mol. The highest BCUT2D eigenvalue weighted by molar-refractivity contribution is 7.92. The van der Waals surface area contributed by atoms with E-state index in [2.05, 4.69) is 10.0 Å². The number of sulfonamides is 1. The molecule has 0 aromatic heterocycles. The van der Waals surface area contributed by atoms with Crippen LogP contribution in [0.4, 0.5) is 5.69 Å². The Kier molecular flexibility index (Phi) is 5.36. The molecular formula is C23H23N3O6S. The molecule has 1 atom stereocenters. The molecule has 2 aromatic carbocycles. The summed E-state index contributed by atoms with van der Waals surface area (Å²) in [5.74, 6) is -2.53. The van der Waals surface area contributed by atoms with Crippen LogP contribution < -0.4 is 10.0 Å². The largest absolute Gasteiger partial charge is 0.295 e. The van der Waals surface area contributed by atoms with E-state index in [1.165, 1.54) is 24.3 Å². The molecule has 172 valence electrons. The predicted molar refractivity (Wildman–Crippen MR) is 119 cm³/mol. The van der Waals surface area contributed by atoms with Gasteiger partial charge in [-0.15, -0.1) is 0 Å². The van der Waals surface area contributed by atoms with Crippen molar-refractivity contribution in [2.24, 2.45) is 0 Å².